The van der Waals surface area contributed by atoms with Crippen LogP contribution in [0, 0.1) is 0 Å². The average Bonchev–Trinajstić information content (AvgIpc) is 2.83. The molecule has 6 heteroatoms. The minimum atomic E-state index is -0.661. The average molecular weight is 410 g/mol. The first kappa shape index (κ1) is 20.0. The van der Waals surface area contributed by atoms with Gasteiger partial charge in [0.2, 0.25) is 0 Å². The first-order chi connectivity index (χ1) is 15.1. The number of carbonyl (C=O) groups is 3. The van der Waals surface area contributed by atoms with Crippen molar-refractivity contribution >= 4 is 34.3 Å². The van der Waals surface area contributed by atoms with Crippen LogP contribution in [0.5, 0.6) is 0 Å². The number of anilines is 1. The van der Waals surface area contributed by atoms with E-state index in [1.54, 1.807) is 66.7 Å². The van der Waals surface area contributed by atoms with Gasteiger partial charge < -0.3 is 10.1 Å². The SMILES string of the molecule is O=C(COC(=O)c1ccc2ccccc2n1)c1ccc(NC(=O)c2ccccc2)cc1. The molecule has 3 aromatic carbocycles. The second-order valence-electron chi connectivity index (χ2n) is 6.79. The van der Waals surface area contributed by atoms with Gasteiger partial charge in [-0.2, -0.15) is 0 Å². The maximum atomic E-state index is 12.4. The van der Waals surface area contributed by atoms with E-state index in [2.05, 4.69) is 10.3 Å². The van der Waals surface area contributed by atoms with E-state index in [0.717, 1.165) is 5.39 Å². The molecule has 0 spiro atoms. The van der Waals surface area contributed by atoms with E-state index in [0.29, 0.717) is 22.3 Å². The van der Waals surface area contributed by atoms with Crippen molar-refractivity contribution in [2.75, 3.05) is 11.9 Å². The summed E-state index contributed by atoms with van der Waals surface area (Å²) in [4.78, 5) is 41.1. The Hall–Kier alpha value is -4.32. The van der Waals surface area contributed by atoms with Crippen molar-refractivity contribution < 1.29 is 19.1 Å². The summed E-state index contributed by atoms with van der Waals surface area (Å²) >= 11 is 0. The largest absolute Gasteiger partial charge is 0.453 e. The van der Waals surface area contributed by atoms with Crippen molar-refractivity contribution in [3.05, 3.63) is 108 Å². The number of hydrogen-bond donors (Lipinski definition) is 1. The molecule has 0 radical (unpaired) electrons. The number of rotatable bonds is 6. The smallest absolute Gasteiger partial charge is 0.357 e. The molecule has 0 aliphatic carbocycles. The Labute approximate surface area is 178 Å². The molecule has 0 saturated heterocycles. The Morgan fingerprint density at radius 1 is 0.742 bits per heavy atom. The number of para-hydroxylation sites is 1. The standard InChI is InChI=1S/C25H18N2O4/c28-23(16-31-25(30)22-15-12-17-6-4-5-9-21(17)27-22)18-10-13-20(14-11-18)26-24(29)19-7-2-1-3-8-19/h1-15H,16H2,(H,26,29). The third-order valence-corrected chi connectivity index (χ3v) is 4.64. The maximum Gasteiger partial charge on any atom is 0.357 e. The molecule has 0 unspecified atom stereocenters. The van der Waals surface area contributed by atoms with Crippen LogP contribution in [0.4, 0.5) is 5.69 Å². The van der Waals surface area contributed by atoms with Crippen LogP contribution in [-0.4, -0.2) is 29.3 Å². The van der Waals surface area contributed by atoms with Crippen LogP contribution in [0.15, 0.2) is 91.0 Å². The lowest BCUT2D eigenvalue weighted by Gasteiger charge is -2.07. The Morgan fingerprint density at radius 2 is 1.45 bits per heavy atom. The Morgan fingerprint density at radius 3 is 2.23 bits per heavy atom. The lowest BCUT2D eigenvalue weighted by molar-refractivity contribution is 0.0469. The zero-order valence-electron chi connectivity index (χ0n) is 16.4. The van der Waals surface area contributed by atoms with E-state index in [1.165, 1.54) is 0 Å². The van der Waals surface area contributed by atoms with Crippen LogP contribution in [0.2, 0.25) is 0 Å². The van der Waals surface area contributed by atoms with E-state index < -0.39 is 12.6 Å². The number of ether oxygens (including phenoxy) is 1. The highest BCUT2D eigenvalue weighted by Crippen LogP contribution is 2.14. The molecule has 0 aliphatic heterocycles. The Balaban J connectivity index is 1.35. The lowest BCUT2D eigenvalue weighted by atomic mass is 10.1. The number of ketones is 1. The van der Waals surface area contributed by atoms with Gasteiger partial charge in [0, 0.05) is 22.2 Å². The predicted molar refractivity (Wildman–Crippen MR) is 117 cm³/mol. The summed E-state index contributed by atoms with van der Waals surface area (Å²) in [6.45, 7) is -0.400. The number of nitrogens with one attached hydrogen (secondary N) is 1. The molecule has 1 aromatic heterocycles. The van der Waals surface area contributed by atoms with Crippen LogP contribution in [0.1, 0.15) is 31.2 Å². The fourth-order valence-corrected chi connectivity index (χ4v) is 3.00. The van der Waals surface area contributed by atoms with E-state index in [-0.39, 0.29) is 17.4 Å². The van der Waals surface area contributed by atoms with E-state index >= 15 is 0 Å². The molecule has 1 N–H and O–H groups in total. The van der Waals surface area contributed by atoms with Gasteiger partial charge in [0.15, 0.2) is 12.4 Å². The number of hydrogen-bond acceptors (Lipinski definition) is 5. The van der Waals surface area contributed by atoms with Crippen molar-refractivity contribution in [1.82, 2.24) is 4.98 Å². The van der Waals surface area contributed by atoms with Crippen molar-refractivity contribution in [3.8, 4) is 0 Å². The number of amides is 1. The number of carbonyl (C=O) groups excluding carboxylic acids is 3. The van der Waals surface area contributed by atoms with E-state index in [9.17, 15) is 14.4 Å². The quantitative estimate of drug-likeness (QED) is 0.373. The maximum absolute atomic E-state index is 12.4. The number of pyridine rings is 1. The summed E-state index contributed by atoms with van der Waals surface area (Å²) in [5.74, 6) is -1.25. The Kier molecular flexibility index (Phi) is 5.80. The number of benzene rings is 3. The van der Waals surface area contributed by atoms with Crippen LogP contribution in [0.3, 0.4) is 0 Å². The van der Waals surface area contributed by atoms with Crippen LogP contribution >= 0.6 is 0 Å². The van der Waals surface area contributed by atoms with Crippen molar-refractivity contribution in [1.29, 1.82) is 0 Å². The molecule has 4 rings (SSSR count). The highest BCUT2D eigenvalue weighted by Gasteiger charge is 2.14. The van der Waals surface area contributed by atoms with Gasteiger partial charge in [0.05, 0.1) is 5.52 Å². The van der Waals surface area contributed by atoms with Crippen LogP contribution < -0.4 is 5.32 Å². The van der Waals surface area contributed by atoms with E-state index in [1.807, 2.05) is 24.3 Å². The number of aromatic nitrogens is 1. The summed E-state index contributed by atoms with van der Waals surface area (Å²) in [6, 6.07) is 26.0. The number of esters is 1. The van der Waals surface area contributed by atoms with Gasteiger partial charge in [-0.05, 0) is 48.5 Å². The zero-order valence-corrected chi connectivity index (χ0v) is 16.4. The van der Waals surface area contributed by atoms with Crippen molar-refractivity contribution in [2.45, 2.75) is 0 Å². The monoisotopic (exact) mass is 410 g/mol. The topological polar surface area (TPSA) is 85.4 Å². The first-order valence-corrected chi connectivity index (χ1v) is 9.63. The van der Waals surface area contributed by atoms with Crippen LogP contribution in [-0.2, 0) is 4.74 Å². The predicted octanol–water partition coefficient (Wildman–Crippen LogP) is 4.53. The highest BCUT2D eigenvalue weighted by molar-refractivity contribution is 6.05. The second kappa shape index (κ2) is 9.00. The normalized spacial score (nSPS) is 10.5. The molecule has 31 heavy (non-hydrogen) atoms. The third-order valence-electron chi connectivity index (χ3n) is 4.64. The Bertz CT molecular complexity index is 1250. The van der Waals surface area contributed by atoms with Gasteiger partial charge in [-0.25, -0.2) is 9.78 Å². The van der Waals surface area contributed by atoms with Gasteiger partial charge in [-0.15, -0.1) is 0 Å². The van der Waals surface area contributed by atoms with Gasteiger partial charge >= 0.3 is 5.97 Å². The van der Waals surface area contributed by atoms with Crippen LogP contribution in [0.25, 0.3) is 10.9 Å². The molecule has 0 atom stereocenters. The molecule has 152 valence electrons. The molecule has 1 amide bonds. The number of fused-ring (bicyclic) bond motifs is 1. The molecule has 0 fully saturated rings. The number of Topliss-reactive ketones (excluding diaryl/α,β-unsaturated/α-hetero) is 1. The first-order valence-electron chi connectivity index (χ1n) is 9.63. The van der Waals surface area contributed by atoms with Gasteiger partial charge in [-0.1, -0.05) is 42.5 Å². The van der Waals surface area contributed by atoms with Gasteiger partial charge in [-0.3, -0.25) is 9.59 Å². The van der Waals surface area contributed by atoms with E-state index in [4.69, 9.17) is 4.74 Å². The molecular weight excluding hydrogens is 392 g/mol. The van der Waals surface area contributed by atoms with Gasteiger partial charge in [0.1, 0.15) is 5.69 Å². The lowest BCUT2D eigenvalue weighted by Crippen LogP contribution is -2.15. The summed E-state index contributed by atoms with van der Waals surface area (Å²) in [7, 11) is 0. The summed E-state index contributed by atoms with van der Waals surface area (Å²) in [6.07, 6.45) is 0. The minimum Gasteiger partial charge on any atom is -0.453 e. The molecule has 6 nitrogen and oxygen atoms in total. The zero-order chi connectivity index (χ0) is 21.6. The van der Waals surface area contributed by atoms with Gasteiger partial charge in [0.25, 0.3) is 5.91 Å². The van der Waals surface area contributed by atoms with Crippen molar-refractivity contribution in [2.24, 2.45) is 0 Å². The summed E-state index contributed by atoms with van der Waals surface area (Å²) < 4.78 is 5.13. The molecule has 0 bridgehead atoms. The third kappa shape index (κ3) is 4.82. The fraction of sp³-hybridized carbons (Fsp3) is 0.0400. The molecule has 4 aromatic rings. The molecule has 1 heterocycles. The number of nitrogens with zero attached hydrogens (tertiary/aromatic N) is 1. The summed E-state index contributed by atoms with van der Waals surface area (Å²) in [5.41, 5.74) is 2.29. The second-order valence-corrected chi connectivity index (χ2v) is 6.79. The highest BCUT2D eigenvalue weighted by atomic mass is 16.5. The summed E-state index contributed by atoms with van der Waals surface area (Å²) in [5, 5.41) is 3.68. The molecule has 0 saturated carbocycles. The minimum absolute atomic E-state index is 0.144. The molecular formula is C25H18N2O4. The fourth-order valence-electron chi connectivity index (χ4n) is 3.00. The molecule has 0 aliphatic rings. The van der Waals surface area contributed by atoms with Crippen molar-refractivity contribution in [3.63, 3.8) is 0 Å².